The van der Waals surface area contributed by atoms with Crippen LogP contribution in [0, 0.1) is 18.8 Å². The molecule has 0 spiro atoms. The van der Waals surface area contributed by atoms with E-state index < -0.39 is 80.3 Å². The zero-order valence-electron chi connectivity index (χ0n) is 65.8. The van der Waals surface area contributed by atoms with Crippen LogP contribution in [0.1, 0.15) is 157 Å². The third-order valence-electron chi connectivity index (χ3n) is 23.0. The van der Waals surface area contributed by atoms with Gasteiger partial charge in [-0.3, -0.25) is 9.59 Å². The van der Waals surface area contributed by atoms with Crippen molar-refractivity contribution in [2.75, 3.05) is 31.5 Å². The molecule has 46 nitrogen and oxygen atoms in total. The maximum absolute atomic E-state index is 11.6. The summed E-state index contributed by atoms with van der Waals surface area (Å²) in [6.45, 7) is 22.6. The number of carbonyl (C=O) groups is 16. The normalized spacial score (nSPS) is 34.9. The van der Waals surface area contributed by atoms with Crippen molar-refractivity contribution in [2.45, 2.75) is 233 Å². The third-order valence-corrected chi connectivity index (χ3v) is 23.6. The average Bonchev–Trinajstić information content (AvgIpc) is 1.52. The number of fused-ring (bicyclic) bond motifs is 6. The summed E-state index contributed by atoms with van der Waals surface area (Å²) in [5, 5.41) is 76.6. The first kappa shape index (κ1) is 86.7. The SMILES string of the molecule is C=CCCC12NC(=O)NC1(C)NC(=O)N2.CC(=O)N1CC23NC(=O)NC2(C1)NC(=O)N3.CC(=O)OCCCC(C)C12NC(=O)NC1NC(=O)N2.CC(CCCCl)C12NC(=O)NC1NC(=O)N2.CC12NC(=O)NC1(CCCCCl)NC(=O)N2.CCCC12NC(=O)NC1(CCC)NC(=O)N2.Cc1ccc(C23NC(=O)NC2(C)NC(=O)N3)cc1. The number of ether oxygens (including phenoxy) is 1. The van der Waals surface area contributed by atoms with E-state index in [2.05, 4.69) is 155 Å². The van der Waals surface area contributed by atoms with Gasteiger partial charge in [-0.25, -0.2) is 67.1 Å². The van der Waals surface area contributed by atoms with Crippen molar-refractivity contribution in [3.63, 3.8) is 0 Å². The number of allylic oxidation sites excluding steroid dienone is 1. The van der Waals surface area contributed by atoms with Gasteiger partial charge in [0.2, 0.25) is 5.91 Å². The Morgan fingerprint density at radius 2 is 0.776 bits per heavy atom. The van der Waals surface area contributed by atoms with Gasteiger partial charge in [0.25, 0.3) is 0 Å². The van der Waals surface area contributed by atoms with E-state index in [0.29, 0.717) is 63.3 Å². The monoisotopic (exact) mass is 1670 g/mol. The summed E-state index contributed by atoms with van der Waals surface area (Å²) >= 11 is 11.3. The van der Waals surface area contributed by atoms with E-state index in [4.69, 9.17) is 27.9 Å². The second kappa shape index (κ2) is 32.9. The summed E-state index contributed by atoms with van der Waals surface area (Å²) in [7, 11) is 0. The smallest absolute Gasteiger partial charge is 0.318 e. The van der Waals surface area contributed by atoms with Gasteiger partial charge in [-0.2, -0.15) is 0 Å². The standard InChI is InChI=1S/C12H14N4O2.C11H18N4O4.C10H18N4O2.2C9H15ClN4O2.C9H14N4O2.C8H11N5O3/c1-7-3-5-8(6-4-7)12-11(2,13-9(17)15-12)14-10(18)16-12;1-6(4-3-5-19-7(2)16)11-8(12-9(17)14-11)13-10(18)15-11;1-3-5-9-10(6-4-2,13-7(15)11-9)14-8(16)12-9;1-8-9(4-2-3-5-10,13-6(15)11-8)14-7(16)12-8;1-5(3-2-4-10)9-6(11-7(15)13-9)12-8(16)14-9;1-3-4-5-9-8(2,10-6(14)12-9)11-7(15)13-9;1-4(14)13-2-7-8(3-13,11-5(15)9-7)12-6(16)10-7/h3-6H,1-2H3,(H2,13,15,17)(H2,14,16,18);6,8H,3-5H2,1-2H3,(H2,12,14,17)(H2,13,15,18);3-6H2,1-2H3,(H2,11,13,15)(H2,12,14,16);2-5H2,1H3,(H2,11,13,15)(H2,12,14,16);5-6H,2-4H2,1H3,(H2,11,13,15)(H2,12,14,16);3H,1,4-5H2,2H3,(H2,10,12,14)(H2,11,13,15);2-3H2,1H3,(H2,9,11,15)(H2,10,12,16). The average molecular weight is 1670 g/mol. The molecule has 15 aliphatic rings. The molecular weight excluding hydrogens is 1570 g/mol. The molecule has 116 heavy (non-hydrogen) atoms. The predicted octanol–water partition coefficient (Wildman–Crippen LogP) is -0.711. The molecule has 0 bridgehead atoms. The fourth-order valence-corrected chi connectivity index (χ4v) is 17.5. The number of nitrogens with one attached hydrogen (secondary N) is 28. The number of nitrogens with zero attached hydrogens (tertiary/aromatic N) is 1. The molecule has 2 atom stereocenters. The molecule has 0 saturated carbocycles. The Balaban J connectivity index is 0.000000143. The highest BCUT2D eigenvalue weighted by Crippen LogP contribution is 2.40. The van der Waals surface area contributed by atoms with Crippen LogP contribution in [0.15, 0.2) is 36.9 Å². The largest absolute Gasteiger partial charge is 0.466 e. The van der Waals surface area contributed by atoms with E-state index in [-0.39, 0.29) is 121 Å². The van der Waals surface area contributed by atoms with Crippen LogP contribution in [0.5, 0.6) is 0 Å². The van der Waals surface area contributed by atoms with Crippen LogP contribution < -0.4 is 149 Å². The van der Waals surface area contributed by atoms with E-state index in [1.807, 2.05) is 58.9 Å². The molecule has 48 heteroatoms. The molecule has 28 N–H and O–H groups in total. The van der Waals surface area contributed by atoms with Crippen molar-refractivity contribution < 1.29 is 81.4 Å². The lowest BCUT2D eigenvalue weighted by Crippen LogP contribution is -2.65. The molecule has 1 aromatic carbocycles. The number of hydrogen-bond donors (Lipinski definition) is 28. The fourth-order valence-electron chi connectivity index (χ4n) is 17.2. The summed E-state index contributed by atoms with van der Waals surface area (Å²) in [5.41, 5.74) is -7.66. The zero-order chi connectivity index (χ0) is 85.0. The van der Waals surface area contributed by atoms with Crippen LogP contribution in [-0.2, 0) is 20.0 Å². The molecule has 0 aliphatic carbocycles. The van der Waals surface area contributed by atoms with Crippen molar-refractivity contribution in [1.82, 2.24) is 154 Å². The van der Waals surface area contributed by atoms with Gasteiger partial charge in [-0.1, -0.05) is 76.4 Å². The second-order valence-electron chi connectivity index (χ2n) is 31.2. The summed E-state index contributed by atoms with van der Waals surface area (Å²) in [5.74, 6) is 0.848. The van der Waals surface area contributed by atoms with Crippen LogP contribution in [0.4, 0.5) is 67.1 Å². The number of alkyl halides is 2. The Morgan fingerprint density at radius 3 is 1.13 bits per heavy atom. The second-order valence-corrected chi connectivity index (χ2v) is 31.9. The molecule has 638 valence electrons. The maximum atomic E-state index is 11.6. The van der Waals surface area contributed by atoms with Crippen molar-refractivity contribution in [1.29, 1.82) is 0 Å². The summed E-state index contributed by atoms with van der Waals surface area (Å²) in [4.78, 5) is 183. The number of esters is 1. The van der Waals surface area contributed by atoms with Gasteiger partial charge in [0.15, 0.2) is 68.0 Å². The van der Waals surface area contributed by atoms with E-state index in [0.717, 1.165) is 49.7 Å². The number of aryl methyl sites for hydroxylation is 1. The van der Waals surface area contributed by atoms with Gasteiger partial charge >= 0.3 is 90.4 Å². The number of urea groups is 14. The van der Waals surface area contributed by atoms with Crippen molar-refractivity contribution >= 4 is 120 Å². The van der Waals surface area contributed by atoms with Crippen LogP contribution in [-0.4, -0.2) is 207 Å². The molecule has 29 amide bonds. The first-order valence-corrected chi connectivity index (χ1v) is 39.2. The fraction of sp³-hybridized carbons (Fsp3) is 0.647. The number of unbranched alkanes of at least 4 members (excludes halogenated alkanes) is 1. The summed E-state index contributed by atoms with van der Waals surface area (Å²) in [6.07, 6.45) is 10.8. The van der Waals surface area contributed by atoms with Crippen LogP contribution in [0.2, 0.25) is 0 Å². The van der Waals surface area contributed by atoms with Gasteiger partial charge in [-0.05, 0) is 98.3 Å². The predicted molar refractivity (Wildman–Crippen MR) is 411 cm³/mol. The summed E-state index contributed by atoms with van der Waals surface area (Å²) in [6, 6.07) is 3.61. The highest BCUT2D eigenvalue weighted by molar-refractivity contribution is 6.18. The van der Waals surface area contributed by atoms with Crippen molar-refractivity contribution in [2.24, 2.45) is 11.8 Å². The number of rotatable bonds is 21. The van der Waals surface area contributed by atoms with Gasteiger partial charge in [0.05, 0.1) is 19.7 Å². The number of amides is 29. The number of halogens is 2. The Morgan fingerprint density at radius 1 is 0.440 bits per heavy atom. The van der Waals surface area contributed by atoms with Crippen LogP contribution in [0.3, 0.4) is 0 Å². The molecule has 2 unspecified atom stereocenters. The number of hydrogen-bond acceptors (Lipinski definition) is 17. The Hall–Kier alpha value is -11.7. The topological polar surface area (TPSA) is 622 Å². The van der Waals surface area contributed by atoms with Crippen molar-refractivity contribution in [3.8, 4) is 0 Å². The lowest BCUT2D eigenvalue weighted by molar-refractivity contribution is -0.141. The van der Waals surface area contributed by atoms with E-state index in [9.17, 15) is 76.7 Å². The molecule has 15 saturated heterocycles. The lowest BCUT2D eigenvalue weighted by Gasteiger charge is -2.36. The van der Waals surface area contributed by atoms with E-state index in [1.165, 1.54) is 13.8 Å². The van der Waals surface area contributed by atoms with Gasteiger partial charge in [0.1, 0.15) is 12.3 Å². The molecule has 15 heterocycles. The summed E-state index contributed by atoms with van der Waals surface area (Å²) < 4.78 is 4.86. The molecule has 1 aromatic rings. The van der Waals surface area contributed by atoms with Gasteiger partial charge in [0, 0.05) is 43.0 Å². The van der Waals surface area contributed by atoms with Crippen molar-refractivity contribution in [3.05, 3.63) is 48.0 Å². The lowest BCUT2D eigenvalue weighted by atomic mass is 9.88. The maximum Gasteiger partial charge on any atom is 0.318 e. The third kappa shape index (κ3) is 16.3. The van der Waals surface area contributed by atoms with Crippen LogP contribution >= 0.6 is 23.2 Å². The highest BCUT2D eigenvalue weighted by atomic mass is 35.5. The molecule has 15 fully saturated rings. The Labute approximate surface area is 676 Å². The van der Waals surface area contributed by atoms with Crippen LogP contribution in [0.25, 0.3) is 0 Å². The Bertz CT molecular complexity index is 3920. The molecular formula is C68H105Cl2N29O17. The minimum atomic E-state index is -0.950. The highest BCUT2D eigenvalue weighted by Gasteiger charge is 2.71. The van der Waals surface area contributed by atoms with Gasteiger partial charge in [-0.15, -0.1) is 29.8 Å². The number of carbonyl (C=O) groups excluding carboxylic acids is 16. The molecule has 0 radical (unpaired) electrons. The molecule has 16 rings (SSSR count). The van der Waals surface area contributed by atoms with Gasteiger partial charge < -0.3 is 159 Å². The molecule has 0 aromatic heterocycles. The first-order valence-electron chi connectivity index (χ1n) is 38.1. The number of benzene rings is 1. The zero-order valence-corrected chi connectivity index (χ0v) is 67.3. The number of likely N-dealkylation sites (tertiary alicyclic amines) is 1. The van der Waals surface area contributed by atoms with E-state index in [1.54, 1.807) is 31.7 Å². The minimum absolute atomic E-state index is 0.00837. The minimum Gasteiger partial charge on any atom is -0.466 e. The molecule has 15 aliphatic heterocycles. The quantitative estimate of drug-likeness (QED) is 0.0313. The Kier molecular flexibility index (Phi) is 24.6. The first-order chi connectivity index (χ1) is 54.5. The van der Waals surface area contributed by atoms with E-state index >= 15 is 0 Å².